The Hall–Kier alpha value is -2.45. The van der Waals surface area contributed by atoms with Gasteiger partial charge in [0.25, 0.3) is 0 Å². The molecule has 0 saturated carbocycles. The van der Waals surface area contributed by atoms with Crippen LogP contribution in [0.3, 0.4) is 0 Å². The lowest BCUT2D eigenvalue weighted by molar-refractivity contribution is -0.307. The van der Waals surface area contributed by atoms with E-state index in [1.165, 1.54) is 0 Å². The Morgan fingerprint density at radius 1 is 0.778 bits per heavy atom. The van der Waals surface area contributed by atoms with Crippen LogP contribution in [0.25, 0.3) is 0 Å². The highest BCUT2D eigenvalue weighted by atomic mass is 16.9. The van der Waals surface area contributed by atoms with Crippen LogP contribution in [0.2, 0.25) is 0 Å². The van der Waals surface area contributed by atoms with Crippen molar-refractivity contribution in [3.8, 4) is 0 Å². The predicted octanol–water partition coefficient (Wildman–Crippen LogP) is -1.02. The minimum absolute atomic E-state index is 0.802. The Labute approximate surface area is 101 Å². The van der Waals surface area contributed by atoms with E-state index in [2.05, 4.69) is 14.2 Å². The van der Waals surface area contributed by atoms with Crippen molar-refractivity contribution in [1.82, 2.24) is 0 Å². The van der Waals surface area contributed by atoms with Crippen molar-refractivity contribution in [1.29, 1.82) is 0 Å². The van der Waals surface area contributed by atoms with Crippen LogP contribution < -0.4 is 0 Å². The lowest BCUT2D eigenvalue weighted by Gasteiger charge is -2.26. The van der Waals surface area contributed by atoms with Crippen molar-refractivity contribution in [3.63, 3.8) is 0 Å². The van der Waals surface area contributed by atoms with E-state index < -0.39 is 35.6 Å². The number of carboxylic acids is 1. The average molecular weight is 262 g/mol. The Balaban J connectivity index is 5.58. The molecule has 0 radical (unpaired) electrons. The molecule has 0 fully saturated rings. The summed E-state index contributed by atoms with van der Waals surface area (Å²) in [5.41, 5.74) is 0. The molecule has 0 rings (SSSR count). The molecule has 0 aliphatic carbocycles. The van der Waals surface area contributed by atoms with Crippen molar-refractivity contribution in [2.24, 2.45) is 0 Å². The molecule has 0 aliphatic rings. The molecule has 0 aromatic rings. The zero-order chi connectivity index (χ0) is 14.5. The van der Waals surface area contributed by atoms with Crippen molar-refractivity contribution in [2.75, 3.05) is 0 Å². The maximum atomic E-state index is 11.3. The minimum Gasteiger partial charge on any atom is -0.475 e. The van der Waals surface area contributed by atoms with Gasteiger partial charge in [-0.25, -0.2) is 4.79 Å². The number of esters is 3. The summed E-state index contributed by atoms with van der Waals surface area (Å²) in [7, 11) is 0. The number of aliphatic carboxylic acids is 1. The molecule has 0 saturated heterocycles. The van der Waals surface area contributed by atoms with Crippen LogP contribution in [-0.4, -0.2) is 40.7 Å². The van der Waals surface area contributed by atoms with Crippen LogP contribution in [0.4, 0.5) is 0 Å². The van der Waals surface area contributed by atoms with E-state index in [4.69, 9.17) is 5.11 Å². The summed E-state index contributed by atoms with van der Waals surface area (Å²) >= 11 is 0. The molecule has 0 atom stereocenters. The van der Waals surface area contributed by atoms with E-state index >= 15 is 0 Å². The average Bonchev–Trinajstić information content (AvgIpc) is 2.12. The second kappa shape index (κ2) is 5.75. The van der Waals surface area contributed by atoms with Gasteiger partial charge in [0.1, 0.15) is 0 Å². The minimum atomic E-state index is -3.24. The number of Topliss-reactive ketones (excluding diaryl/α,β-unsaturated/α-hetero) is 1. The second-order valence-electron chi connectivity index (χ2n) is 2.97. The van der Waals surface area contributed by atoms with Gasteiger partial charge >= 0.3 is 35.6 Å². The highest BCUT2D eigenvalue weighted by Gasteiger charge is 2.54. The van der Waals surface area contributed by atoms with Gasteiger partial charge in [-0.1, -0.05) is 0 Å². The number of hydrogen-bond acceptors (Lipinski definition) is 8. The summed E-state index contributed by atoms with van der Waals surface area (Å²) in [6.07, 6.45) is 0. The summed E-state index contributed by atoms with van der Waals surface area (Å²) < 4.78 is 12.7. The first-order valence-corrected chi connectivity index (χ1v) is 4.47. The van der Waals surface area contributed by atoms with Gasteiger partial charge in [0.15, 0.2) is 0 Å². The summed E-state index contributed by atoms with van der Waals surface area (Å²) in [6, 6.07) is 0. The van der Waals surface area contributed by atoms with Crippen LogP contribution in [0.5, 0.6) is 0 Å². The molecule has 0 aromatic heterocycles. The van der Waals surface area contributed by atoms with E-state index in [0.717, 1.165) is 20.8 Å². The number of hydrogen-bond donors (Lipinski definition) is 1. The van der Waals surface area contributed by atoms with E-state index in [1.807, 2.05) is 0 Å². The van der Waals surface area contributed by atoms with Gasteiger partial charge in [0, 0.05) is 20.8 Å². The van der Waals surface area contributed by atoms with Crippen LogP contribution >= 0.6 is 0 Å². The maximum Gasteiger partial charge on any atom is 0.500 e. The maximum absolute atomic E-state index is 11.3. The zero-order valence-electron chi connectivity index (χ0n) is 9.71. The zero-order valence-corrected chi connectivity index (χ0v) is 9.71. The molecule has 0 bridgehead atoms. The standard InChI is InChI=1S/C9H10O9/c1-4(10)16-9(17-5(2)11,18-6(3)12)7(13)8(14)15/h1-3H3,(H,14,15). The Bertz CT molecular complexity index is 367. The van der Waals surface area contributed by atoms with E-state index in [9.17, 15) is 24.0 Å². The fourth-order valence-corrected chi connectivity index (χ4v) is 0.900. The number of carbonyl (C=O) groups is 5. The molecule has 100 valence electrons. The largest absolute Gasteiger partial charge is 0.500 e. The summed E-state index contributed by atoms with van der Waals surface area (Å²) in [5, 5.41) is 8.53. The first kappa shape index (κ1) is 15.5. The highest BCUT2D eigenvalue weighted by molar-refractivity contribution is 6.35. The lowest BCUT2D eigenvalue weighted by atomic mass is 10.3. The fraction of sp³-hybridized carbons (Fsp3) is 0.444. The van der Waals surface area contributed by atoms with Gasteiger partial charge < -0.3 is 19.3 Å². The van der Waals surface area contributed by atoms with E-state index in [0.29, 0.717) is 0 Å². The first-order valence-electron chi connectivity index (χ1n) is 4.47. The molecule has 0 heterocycles. The molecule has 9 nitrogen and oxygen atoms in total. The summed E-state index contributed by atoms with van der Waals surface area (Å²) in [5.74, 6) is -10.8. The first-order chi connectivity index (χ1) is 8.10. The van der Waals surface area contributed by atoms with Crippen LogP contribution in [0, 0.1) is 0 Å². The third-order valence-electron chi connectivity index (χ3n) is 1.31. The number of carbonyl (C=O) groups excluding carboxylic acids is 4. The molecular weight excluding hydrogens is 252 g/mol. The summed E-state index contributed by atoms with van der Waals surface area (Å²) in [6.45, 7) is 2.41. The fourth-order valence-electron chi connectivity index (χ4n) is 0.900. The van der Waals surface area contributed by atoms with Gasteiger partial charge in [-0.15, -0.1) is 0 Å². The molecule has 0 aromatic carbocycles. The van der Waals surface area contributed by atoms with Crippen LogP contribution in [-0.2, 0) is 38.2 Å². The van der Waals surface area contributed by atoms with Crippen molar-refractivity contribution in [2.45, 2.75) is 26.7 Å². The van der Waals surface area contributed by atoms with Crippen molar-refractivity contribution in [3.05, 3.63) is 0 Å². The predicted molar refractivity (Wildman–Crippen MR) is 50.7 cm³/mol. The molecular formula is C9H10O9. The molecule has 0 unspecified atom stereocenters. The summed E-state index contributed by atoms with van der Waals surface area (Å²) in [4.78, 5) is 54.3. The van der Waals surface area contributed by atoms with Gasteiger partial charge in [-0.3, -0.25) is 19.2 Å². The monoisotopic (exact) mass is 262 g/mol. The van der Waals surface area contributed by atoms with E-state index in [1.54, 1.807) is 0 Å². The van der Waals surface area contributed by atoms with Crippen LogP contribution in [0.15, 0.2) is 0 Å². The highest BCUT2D eigenvalue weighted by Crippen LogP contribution is 2.19. The SMILES string of the molecule is CC(=O)OC(OC(C)=O)(OC(C)=O)C(=O)C(=O)O. The smallest absolute Gasteiger partial charge is 0.475 e. The third kappa shape index (κ3) is 4.20. The normalized spacial score (nSPS) is 10.2. The molecule has 1 N–H and O–H groups in total. The Kier molecular flexibility index (Phi) is 4.97. The number of ether oxygens (including phenoxy) is 3. The number of carboxylic acid groups (broad SMARTS) is 1. The molecule has 0 aliphatic heterocycles. The van der Waals surface area contributed by atoms with Crippen LogP contribution in [0.1, 0.15) is 20.8 Å². The van der Waals surface area contributed by atoms with Gasteiger partial charge in [0.2, 0.25) is 0 Å². The molecule has 0 spiro atoms. The molecule has 0 amide bonds. The Morgan fingerprint density at radius 2 is 1.06 bits per heavy atom. The number of rotatable bonds is 5. The Morgan fingerprint density at radius 3 is 1.22 bits per heavy atom. The third-order valence-corrected chi connectivity index (χ3v) is 1.31. The molecule has 18 heavy (non-hydrogen) atoms. The van der Waals surface area contributed by atoms with Gasteiger partial charge in [0.05, 0.1) is 0 Å². The topological polar surface area (TPSA) is 133 Å². The van der Waals surface area contributed by atoms with Crippen molar-refractivity contribution < 1.29 is 43.3 Å². The van der Waals surface area contributed by atoms with Gasteiger partial charge in [-0.05, 0) is 0 Å². The van der Waals surface area contributed by atoms with Gasteiger partial charge in [-0.2, -0.15) is 0 Å². The quantitative estimate of drug-likeness (QED) is 0.375. The second-order valence-corrected chi connectivity index (χ2v) is 2.97. The van der Waals surface area contributed by atoms with Crippen molar-refractivity contribution >= 4 is 29.7 Å². The molecule has 9 heteroatoms. The van der Waals surface area contributed by atoms with E-state index in [-0.39, 0.29) is 0 Å². The lowest BCUT2D eigenvalue weighted by Crippen LogP contribution is -2.53. The number of ketones is 1.